The fraction of sp³-hybridized carbons (Fsp3) is 0.846. The van der Waals surface area contributed by atoms with E-state index in [0.717, 1.165) is 12.8 Å². The predicted molar refractivity (Wildman–Crippen MR) is 67.2 cm³/mol. The van der Waals surface area contributed by atoms with Gasteiger partial charge in [-0.15, -0.1) is 0 Å². The first-order chi connectivity index (χ1) is 8.52. The van der Waals surface area contributed by atoms with E-state index in [4.69, 9.17) is 9.84 Å². The van der Waals surface area contributed by atoms with Crippen molar-refractivity contribution in [3.05, 3.63) is 0 Å². The molecule has 1 rings (SSSR count). The Hall–Kier alpha value is -1.10. The number of carboxylic acid groups (broad SMARTS) is 1. The van der Waals surface area contributed by atoms with Crippen LogP contribution < -0.4 is 0 Å². The smallest absolute Gasteiger partial charge is 0.303 e. The summed E-state index contributed by atoms with van der Waals surface area (Å²) in [7, 11) is 1.64. The first-order valence-corrected chi connectivity index (χ1v) is 6.51. The van der Waals surface area contributed by atoms with Crippen molar-refractivity contribution in [3.63, 3.8) is 0 Å². The highest BCUT2D eigenvalue weighted by molar-refractivity contribution is 5.76. The number of hydrogen-bond donors (Lipinski definition) is 1. The van der Waals surface area contributed by atoms with Crippen molar-refractivity contribution in [3.8, 4) is 0 Å². The van der Waals surface area contributed by atoms with E-state index in [-0.39, 0.29) is 24.2 Å². The van der Waals surface area contributed by atoms with Crippen LogP contribution in [0.5, 0.6) is 0 Å². The Morgan fingerprint density at radius 1 is 1.39 bits per heavy atom. The molecule has 0 aromatic heterocycles. The number of hydrogen-bond acceptors (Lipinski definition) is 3. The van der Waals surface area contributed by atoms with Gasteiger partial charge in [-0.2, -0.15) is 0 Å². The molecule has 0 aliphatic carbocycles. The number of rotatable bonds is 6. The summed E-state index contributed by atoms with van der Waals surface area (Å²) >= 11 is 0. The zero-order chi connectivity index (χ0) is 13.5. The van der Waals surface area contributed by atoms with Crippen molar-refractivity contribution in [1.29, 1.82) is 0 Å². The van der Waals surface area contributed by atoms with Gasteiger partial charge < -0.3 is 14.7 Å². The van der Waals surface area contributed by atoms with Gasteiger partial charge in [0.2, 0.25) is 5.91 Å². The van der Waals surface area contributed by atoms with Gasteiger partial charge in [0.05, 0.1) is 0 Å². The number of ether oxygens (including phenoxy) is 1. The second-order valence-electron chi connectivity index (χ2n) is 5.19. The molecule has 1 N–H and O–H groups in total. The van der Waals surface area contributed by atoms with Crippen LogP contribution >= 0.6 is 0 Å². The van der Waals surface area contributed by atoms with Crippen LogP contribution in [0.15, 0.2) is 0 Å². The van der Waals surface area contributed by atoms with Crippen molar-refractivity contribution in [2.75, 3.05) is 26.8 Å². The van der Waals surface area contributed by atoms with Gasteiger partial charge in [-0.1, -0.05) is 6.92 Å². The average molecular weight is 257 g/mol. The van der Waals surface area contributed by atoms with Crippen molar-refractivity contribution in [2.45, 2.75) is 32.6 Å². The van der Waals surface area contributed by atoms with Crippen LogP contribution in [0.2, 0.25) is 0 Å². The zero-order valence-electron chi connectivity index (χ0n) is 11.2. The van der Waals surface area contributed by atoms with E-state index < -0.39 is 5.97 Å². The van der Waals surface area contributed by atoms with Gasteiger partial charge in [-0.3, -0.25) is 9.59 Å². The Bertz CT molecular complexity index is 285. The fourth-order valence-corrected chi connectivity index (χ4v) is 2.40. The van der Waals surface area contributed by atoms with E-state index in [9.17, 15) is 9.59 Å². The summed E-state index contributed by atoms with van der Waals surface area (Å²) in [6, 6.07) is 0. The highest BCUT2D eigenvalue weighted by atomic mass is 16.5. The number of carbonyl (C=O) groups excluding carboxylic acids is 1. The molecule has 1 aliphatic rings. The lowest BCUT2D eigenvalue weighted by Crippen LogP contribution is -2.39. The minimum Gasteiger partial charge on any atom is -0.481 e. The molecule has 5 nitrogen and oxygen atoms in total. The number of methoxy groups -OCH3 is 1. The highest BCUT2D eigenvalue weighted by Crippen LogP contribution is 2.21. The van der Waals surface area contributed by atoms with Crippen LogP contribution in [-0.4, -0.2) is 48.7 Å². The number of piperidine rings is 1. The van der Waals surface area contributed by atoms with E-state index in [1.165, 1.54) is 0 Å². The standard InChI is InChI=1S/C13H23NO4/c1-10(9-18-2)7-12(15)14-5-3-11(4-6-14)8-13(16)17/h10-11H,3-9H2,1-2H3,(H,16,17). The van der Waals surface area contributed by atoms with E-state index in [2.05, 4.69) is 0 Å². The van der Waals surface area contributed by atoms with Gasteiger partial charge in [0.1, 0.15) is 0 Å². The summed E-state index contributed by atoms with van der Waals surface area (Å²) in [5.74, 6) is -0.121. The summed E-state index contributed by atoms with van der Waals surface area (Å²) in [6.45, 7) is 3.98. The minimum absolute atomic E-state index is 0.160. The number of nitrogens with zero attached hydrogens (tertiary/aromatic N) is 1. The van der Waals surface area contributed by atoms with Crippen molar-refractivity contribution < 1.29 is 19.4 Å². The molecule has 0 aromatic carbocycles. The van der Waals surface area contributed by atoms with Crippen LogP contribution in [0.4, 0.5) is 0 Å². The summed E-state index contributed by atoms with van der Waals surface area (Å²) < 4.78 is 5.02. The lowest BCUT2D eigenvalue weighted by atomic mass is 9.93. The van der Waals surface area contributed by atoms with Gasteiger partial charge in [-0.25, -0.2) is 0 Å². The third-order valence-corrected chi connectivity index (χ3v) is 3.40. The molecule has 104 valence electrons. The summed E-state index contributed by atoms with van der Waals surface area (Å²) in [6.07, 6.45) is 2.34. The minimum atomic E-state index is -0.742. The largest absolute Gasteiger partial charge is 0.481 e. The van der Waals surface area contributed by atoms with Crippen LogP contribution in [0.25, 0.3) is 0 Å². The monoisotopic (exact) mass is 257 g/mol. The van der Waals surface area contributed by atoms with E-state index >= 15 is 0 Å². The molecule has 0 radical (unpaired) electrons. The first kappa shape index (κ1) is 15.0. The molecule has 0 aromatic rings. The predicted octanol–water partition coefficient (Wildman–Crippen LogP) is 1.37. The topological polar surface area (TPSA) is 66.8 Å². The molecule has 1 aliphatic heterocycles. The van der Waals surface area contributed by atoms with Crippen LogP contribution in [0, 0.1) is 11.8 Å². The molecule has 5 heteroatoms. The SMILES string of the molecule is COCC(C)CC(=O)N1CCC(CC(=O)O)CC1. The third kappa shape index (κ3) is 5.04. The highest BCUT2D eigenvalue weighted by Gasteiger charge is 2.24. The summed E-state index contributed by atoms with van der Waals surface area (Å²) in [5.41, 5.74) is 0. The van der Waals surface area contributed by atoms with Crippen LogP contribution in [0.1, 0.15) is 32.6 Å². The van der Waals surface area contributed by atoms with Crippen molar-refractivity contribution in [2.24, 2.45) is 11.8 Å². The van der Waals surface area contributed by atoms with Gasteiger partial charge in [0.15, 0.2) is 0 Å². The molecule has 1 fully saturated rings. The maximum Gasteiger partial charge on any atom is 0.303 e. The number of aliphatic carboxylic acids is 1. The van der Waals surface area contributed by atoms with E-state index in [1.54, 1.807) is 7.11 Å². The molecule has 1 saturated heterocycles. The van der Waals surface area contributed by atoms with Gasteiger partial charge >= 0.3 is 5.97 Å². The average Bonchev–Trinajstić information content (AvgIpc) is 2.29. The fourth-order valence-electron chi connectivity index (χ4n) is 2.40. The molecule has 0 bridgehead atoms. The van der Waals surface area contributed by atoms with E-state index in [0.29, 0.717) is 26.1 Å². The maximum absolute atomic E-state index is 12.0. The van der Waals surface area contributed by atoms with E-state index in [1.807, 2.05) is 11.8 Å². The number of amides is 1. The quantitative estimate of drug-likeness (QED) is 0.780. The summed E-state index contributed by atoms with van der Waals surface area (Å²) in [5, 5.41) is 8.72. The Labute approximate surface area is 108 Å². The molecule has 1 amide bonds. The molecule has 1 unspecified atom stereocenters. The van der Waals surface area contributed by atoms with Gasteiger partial charge in [0, 0.05) is 39.6 Å². The molecule has 0 saturated carbocycles. The molecule has 0 spiro atoms. The van der Waals surface area contributed by atoms with Crippen LogP contribution in [0.3, 0.4) is 0 Å². The molecular weight excluding hydrogens is 234 g/mol. The second kappa shape index (κ2) is 7.36. The first-order valence-electron chi connectivity index (χ1n) is 6.51. The van der Waals surface area contributed by atoms with Crippen molar-refractivity contribution >= 4 is 11.9 Å². The normalized spacial score (nSPS) is 18.7. The molecular formula is C13H23NO4. The maximum atomic E-state index is 12.0. The second-order valence-corrected chi connectivity index (χ2v) is 5.19. The molecule has 1 heterocycles. The number of likely N-dealkylation sites (tertiary alicyclic amines) is 1. The number of carboxylic acids is 1. The Morgan fingerprint density at radius 3 is 2.50 bits per heavy atom. The molecule has 18 heavy (non-hydrogen) atoms. The molecule has 1 atom stereocenters. The van der Waals surface area contributed by atoms with Gasteiger partial charge in [0.25, 0.3) is 0 Å². The Kier molecular flexibility index (Phi) is 6.12. The van der Waals surface area contributed by atoms with Crippen molar-refractivity contribution in [1.82, 2.24) is 4.90 Å². The van der Waals surface area contributed by atoms with Gasteiger partial charge in [-0.05, 0) is 24.7 Å². The summed E-state index contributed by atoms with van der Waals surface area (Å²) in [4.78, 5) is 24.4. The number of carbonyl (C=O) groups is 2. The third-order valence-electron chi connectivity index (χ3n) is 3.40. The lowest BCUT2D eigenvalue weighted by Gasteiger charge is -2.32. The Morgan fingerprint density at radius 2 is 2.00 bits per heavy atom. The lowest BCUT2D eigenvalue weighted by molar-refractivity contribution is -0.138. The zero-order valence-corrected chi connectivity index (χ0v) is 11.2. The van der Waals surface area contributed by atoms with Crippen LogP contribution in [-0.2, 0) is 14.3 Å². The Balaban J connectivity index is 2.29.